The lowest BCUT2D eigenvalue weighted by Crippen LogP contribution is -2.32. The van der Waals surface area contributed by atoms with Gasteiger partial charge in [-0.3, -0.25) is 4.98 Å². The van der Waals surface area contributed by atoms with Crippen molar-refractivity contribution in [2.75, 3.05) is 32.1 Å². The summed E-state index contributed by atoms with van der Waals surface area (Å²) < 4.78 is 5.89. The Morgan fingerprint density at radius 1 is 1.07 bits per heavy atom. The Bertz CT molecular complexity index is 873. The number of benzene rings is 1. The maximum atomic E-state index is 5.89. The normalized spacial score (nSPS) is 15.7. The first-order valence-electron chi connectivity index (χ1n) is 9.60. The third-order valence-electron chi connectivity index (χ3n) is 5.24. The number of nitrogens with one attached hydrogen (secondary N) is 1. The number of ether oxygens (including phenoxy) is 1. The number of hydrogen-bond acceptors (Lipinski definition) is 5. The molecule has 0 spiro atoms. The molecule has 1 aliphatic heterocycles. The highest BCUT2D eigenvalue weighted by molar-refractivity contribution is 5.84. The summed E-state index contributed by atoms with van der Waals surface area (Å²) in [7, 11) is 2.18. The van der Waals surface area contributed by atoms with Gasteiger partial charge in [-0.15, -0.1) is 0 Å². The number of hydrogen-bond donors (Lipinski definition) is 1. The molecule has 0 bridgehead atoms. The Morgan fingerprint density at radius 3 is 2.78 bits per heavy atom. The van der Waals surface area contributed by atoms with Gasteiger partial charge in [-0.25, -0.2) is 4.98 Å². The smallest absolute Gasteiger partial charge is 0.213 e. The molecule has 1 aromatic carbocycles. The van der Waals surface area contributed by atoms with Crippen LogP contribution < -0.4 is 10.1 Å². The van der Waals surface area contributed by atoms with E-state index in [0.717, 1.165) is 48.8 Å². The van der Waals surface area contributed by atoms with Gasteiger partial charge >= 0.3 is 0 Å². The maximum absolute atomic E-state index is 5.89. The zero-order valence-corrected chi connectivity index (χ0v) is 15.8. The van der Waals surface area contributed by atoms with Crippen LogP contribution in [0.3, 0.4) is 0 Å². The van der Waals surface area contributed by atoms with Crippen LogP contribution in [-0.4, -0.2) is 41.6 Å². The average molecular weight is 362 g/mol. The van der Waals surface area contributed by atoms with Crippen LogP contribution >= 0.6 is 0 Å². The number of piperidine rings is 1. The molecule has 140 valence electrons. The lowest BCUT2D eigenvalue weighted by atomic mass is 9.98. The van der Waals surface area contributed by atoms with E-state index < -0.39 is 0 Å². The Balaban J connectivity index is 1.28. The highest BCUT2D eigenvalue weighted by Crippen LogP contribution is 2.20. The van der Waals surface area contributed by atoms with Crippen molar-refractivity contribution in [3.05, 3.63) is 60.6 Å². The molecular formula is C22H26N4O. The third-order valence-corrected chi connectivity index (χ3v) is 5.24. The first-order valence-corrected chi connectivity index (χ1v) is 9.60. The van der Waals surface area contributed by atoms with E-state index in [0.29, 0.717) is 5.92 Å². The van der Waals surface area contributed by atoms with Crippen LogP contribution in [-0.2, 0) is 6.54 Å². The summed E-state index contributed by atoms with van der Waals surface area (Å²) in [5.41, 5.74) is 2.23. The lowest BCUT2D eigenvalue weighted by molar-refractivity contribution is 0.157. The summed E-state index contributed by atoms with van der Waals surface area (Å²) >= 11 is 0. The molecular weight excluding hydrogens is 336 g/mol. The highest BCUT2D eigenvalue weighted by atomic mass is 16.5. The number of likely N-dealkylation sites (tertiary alicyclic amines) is 1. The Kier molecular flexibility index (Phi) is 5.49. The Labute approximate surface area is 160 Å². The van der Waals surface area contributed by atoms with Crippen LogP contribution in [0.25, 0.3) is 10.8 Å². The van der Waals surface area contributed by atoms with Gasteiger partial charge in [0.05, 0.1) is 6.61 Å². The van der Waals surface area contributed by atoms with E-state index >= 15 is 0 Å². The van der Waals surface area contributed by atoms with Gasteiger partial charge in [-0.2, -0.15) is 0 Å². The Morgan fingerprint density at radius 2 is 1.96 bits per heavy atom. The van der Waals surface area contributed by atoms with Crippen molar-refractivity contribution in [2.45, 2.75) is 19.4 Å². The van der Waals surface area contributed by atoms with Crippen LogP contribution in [0.5, 0.6) is 5.88 Å². The molecule has 1 fully saturated rings. The van der Waals surface area contributed by atoms with Crippen LogP contribution in [0.2, 0.25) is 0 Å². The summed E-state index contributed by atoms with van der Waals surface area (Å²) in [4.78, 5) is 11.0. The molecule has 0 aliphatic carbocycles. The summed E-state index contributed by atoms with van der Waals surface area (Å²) in [6.07, 6.45) is 8.01. The zero-order chi connectivity index (χ0) is 18.5. The van der Waals surface area contributed by atoms with Gasteiger partial charge in [0.25, 0.3) is 0 Å². The van der Waals surface area contributed by atoms with Gasteiger partial charge in [0.15, 0.2) is 0 Å². The molecule has 1 saturated heterocycles. The van der Waals surface area contributed by atoms with E-state index in [-0.39, 0.29) is 0 Å². The van der Waals surface area contributed by atoms with Crippen LogP contribution in [0, 0.1) is 5.92 Å². The van der Waals surface area contributed by atoms with Crippen molar-refractivity contribution in [2.24, 2.45) is 5.92 Å². The molecule has 3 aromatic rings. The minimum Gasteiger partial charge on any atom is -0.477 e. The van der Waals surface area contributed by atoms with Crippen molar-refractivity contribution in [3.63, 3.8) is 0 Å². The minimum atomic E-state index is 0.646. The van der Waals surface area contributed by atoms with E-state index in [1.807, 2.05) is 30.7 Å². The van der Waals surface area contributed by atoms with E-state index in [1.54, 1.807) is 0 Å². The SMILES string of the molecule is CN1CCC(COc2ccc(CNc3ccc4cnccc4c3)cn2)CC1. The second-order valence-electron chi connectivity index (χ2n) is 7.35. The summed E-state index contributed by atoms with van der Waals surface area (Å²) in [6.45, 7) is 3.83. The quantitative estimate of drug-likeness (QED) is 0.719. The van der Waals surface area contributed by atoms with Gasteiger partial charge in [-0.05, 0) is 68.0 Å². The molecule has 27 heavy (non-hydrogen) atoms. The van der Waals surface area contributed by atoms with E-state index in [1.165, 1.54) is 18.2 Å². The second kappa shape index (κ2) is 8.35. The first kappa shape index (κ1) is 17.7. The minimum absolute atomic E-state index is 0.646. The van der Waals surface area contributed by atoms with Crippen molar-refractivity contribution < 1.29 is 4.74 Å². The predicted octanol–water partition coefficient (Wildman–Crippen LogP) is 3.96. The van der Waals surface area contributed by atoms with Crippen LogP contribution in [0.4, 0.5) is 5.69 Å². The molecule has 2 aromatic heterocycles. The molecule has 1 aliphatic rings. The van der Waals surface area contributed by atoms with Crippen LogP contribution in [0.1, 0.15) is 18.4 Å². The molecule has 4 rings (SSSR count). The van der Waals surface area contributed by atoms with Crippen LogP contribution in [0.15, 0.2) is 55.0 Å². The fourth-order valence-corrected chi connectivity index (χ4v) is 3.43. The van der Waals surface area contributed by atoms with Gasteiger partial charge in [0.2, 0.25) is 5.88 Å². The van der Waals surface area contributed by atoms with Crippen molar-refractivity contribution in [1.82, 2.24) is 14.9 Å². The molecule has 5 heteroatoms. The molecule has 0 radical (unpaired) electrons. The highest BCUT2D eigenvalue weighted by Gasteiger charge is 2.17. The average Bonchev–Trinajstić information content (AvgIpc) is 2.72. The molecule has 5 nitrogen and oxygen atoms in total. The van der Waals surface area contributed by atoms with Gasteiger partial charge < -0.3 is 15.0 Å². The lowest BCUT2D eigenvalue weighted by Gasteiger charge is -2.28. The fraction of sp³-hybridized carbons (Fsp3) is 0.364. The number of fused-ring (bicyclic) bond motifs is 1. The summed E-state index contributed by atoms with van der Waals surface area (Å²) in [6, 6.07) is 12.4. The summed E-state index contributed by atoms with van der Waals surface area (Å²) in [5, 5.41) is 5.79. The molecule has 0 amide bonds. The fourth-order valence-electron chi connectivity index (χ4n) is 3.43. The molecule has 3 heterocycles. The standard InChI is InChI=1S/C22H26N4O/c1-26-10-7-17(8-11-26)16-27-22-5-2-18(14-25-22)13-24-21-4-3-20-15-23-9-6-19(20)12-21/h2-6,9,12,14-15,17,24H,7-8,10-11,13,16H2,1H3. The second-order valence-corrected chi connectivity index (χ2v) is 7.35. The number of nitrogens with zero attached hydrogens (tertiary/aromatic N) is 3. The van der Waals surface area contributed by atoms with E-state index in [2.05, 4.69) is 51.5 Å². The molecule has 0 unspecified atom stereocenters. The molecule has 0 saturated carbocycles. The monoisotopic (exact) mass is 362 g/mol. The van der Waals surface area contributed by atoms with E-state index in [9.17, 15) is 0 Å². The number of pyridine rings is 2. The Hall–Kier alpha value is -2.66. The van der Waals surface area contributed by atoms with Crippen molar-refractivity contribution >= 4 is 16.5 Å². The summed E-state index contributed by atoms with van der Waals surface area (Å²) in [5.74, 6) is 1.36. The maximum Gasteiger partial charge on any atom is 0.213 e. The van der Waals surface area contributed by atoms with Crippen molar-refractivity contribution in [1.29, 1.82) is 0 Å². The topological polar surface area (TPSA) is 50.3 Å². The number of anilines is 1. The van der Waals surface area contributed by atoms with Gasteiger partial charge in [-0.1, -0.05) is 12.1 Å². The number of rotatable bonds is 6. The van der Waals surface area contributed by atoms with E-state index in [4.69, 9.17) is 4.74 Å². The third kappa shape index (κ3) is 4.74. The van der Waals surface area contributed by atoms with Gasteiger partial charge in [0.1, 0.15) is 0 Å². The largest absolute Gasteiger partial charge is 0.477 e. The predicted molar refractivity (Wildman–Crippen MR) is 109 cm³/mol. The molecule has 1 N–H and O–H groups in total. The molecule has 0 atom stereocenters. The zero-order valence-electron chi connectivity index (χ0n) is 15.8. The van der Waals surface area contributed by atoms with Gasteiger partial charge in [0, 0.05) is 42.3 Å². The number of aromatic nitrogens is 2. The first-order chi connectivity index (χ1) is 13.3. The van der Waals surface area contributed by atoms with Crippen molar-refractivity contribution in [3.8, 4) is 5.88 Å².